The largest absolute Gasteiger partial charge is 0.456 e. The predicted molar refractivity (Wildman–Crippen MR) is 138 cm³/mol. The lowest BCUT2D eigenvalue weighted by atomic mass is 10.0. The van der Waals surface area contributed by atoms with Crippen LogP contribution >= 0.6 is 0 Å². The molecule has 7 rings (SSSR count). The Kier molecular flexibility index (Phi) is 3.80. The van der Waals surface area contributed by atoms with Gasteiger partial charge in [0.2, 0.25) is 0 Å². The van der Waals surface area contributed by atoms with Gasteiger partial charge in [-0.15, -0.1) is 0 Å². The van der Waals surface area contributed by atoms with E-state index in [9.17, 15) is 0 Å². The topological polar surface area (TPSA) is 18.1 Å². The first-order chi connectivity index (χ1) is 16.3. The zero-order chi connectivity index (χ0) is 21.9. The van der Waals surface area contributed by atoms with Crippen molar-refractivity contribution >= 4 is 43.7 Å². The highest BCUT2D eigenvalue weighted by molar-refractivity contribution is 6.17. The van der Waals surface area contributed by atoms with Gasteiger partial charge in [0, 0.05) is 33.3 Å². The van der Waals surface area contributed by atoms with Crippen molar-refractivity contribution in [2.75, 3.05) is 0 Å². The van der Waals surface area contributed by atoms with Crippen molar-refractivity contribution < 1.29 is 4.42 Å². The van der Waals surface area contributed by atoms with E-state index in [1.807, 2.05) is 12.1 Å². The lowest BCUT2D eigenvalue weighted by Crippen LogP contribution is -1.94. The lowest BCUT2D eigenvalue weighted by Gasteiger charge is -2.09. The van der Waals surface area contributed by atoms with Crippen LogP contribution in [-0.2, 0) is 0 Å². The first-order valence-corrected chi connectivity index (χ1v) is 11.3. The fourth-order valence-electron chi connectivity index (χ4n) is 5.09. The second-order valence-corrected chi connectivity index (χ2v) is 8.74. The molecule has 2 heterocycles. The second-order valence-electron chi connectivity index (χ2n) is 8.74. The zero-order valence-electron chi connectivity index (χ0n) is 18.2. The number of fused-ring (bicyclic) bond motifs is 6. The molecule has 5 aromatic carbocycles. The standard InChI is InChI=1S/C31H21NO/c1-20-8-7-11-23(16-20)32-28-15-14-22(21-9-3-2-4-10-21)17-25(28)26-18-27-24-12-5-6-13-30(24)33-31(27)19-29(26)32/h2-19H,1H3. The number of benzene rings is 5. The molecular weight excluding hydrogens is 402 g/mol. The molecule has 33 heavy (non-hydrogen) atoms. The first kappa shape index (κ1) is 18.3. The molecule has 2 nitrogen and oxygen atoms in total. The zero-order valence-corrected chi connectivity index (χ0v) is 18.2. The molecule has 0 spiro atoms. The maximum atomic E-state index is 6.25. The first-order valence-electron chi connectivity index (χ1n) is 11.3. The van der Waals surface area contributed by atoms with Crippen LogP contribution in [0.1, 0.15) is 5.56 Å². The van der Waals surface area contributed by atoms with E-state index in [-0.39, 0.29) is 0 Å². The summed E-state index contributed by atoms with van der Waals surface area (Å²) in [6.45, 7) is 2.14. The summed E-state index contributed by atoms with van der Waals surface area (Å²) < 4.78 is 8.61. The second kappa shape index (κ2) is 6.85. The summed E-state index contributed by atoms with van der Waals surface area (Å²) >= 11 is 0. The number of aryl methyl sites for hydroxylation is 1. The molecule has 7 aromatic rings. The molecule has 0 N–H and O–H groups in total. The minimum absolute atomic E-state index is 0.920. The Bertz CT molecular complexity index is 1820. The highest BCUT2D eigenvalue weighted by Gasteiger charge is 2.17. The summed E-state index contributed by atoms with van der Waals surface area (Å²) in [6.07, 6.45) is 0. The van der Waals surface area contributed by atoms with Crippen molar-refractivity contribution in [3.05, 3.63) is 115 Å². The monoisotopic (exact) mass is 423 g/mol. The van der Waals surface area contributed by atoms with Gasteiger partial charge in [0.1, 0.15) is 11.2 Å². The van der Waals surface area contributed by atoms with Crippen LogP contribution in [0, 0.1) is 6.92 Å². The quantitative estimate of drug-likeness (QED) is 0.272. The van der Waals surface area contributed by atoms with Crippen LogP contribution in [0.3, 0.4) is 0 Å². The van der Waals surface area contributed by atoms with Crippen LogP contribution in [0.2, 0.25) is 0 Å². The molecule has 2 heteroatoms. The summed E-state index contributed by atoms with van der Waals surface area (Å²) in [5.74, 6) is 0. The smallest absolute Gasteiger partial charge is 0.137 e. The maximum absolute atomic E-state index is 6.25. The molecule has 0 bridgehead atoms. The molecule has 156 valence electrons. The van der Waals surface area contributed by atoms with E-state index in [2.05, 4.69) is 109 Å². The molecular formula is C31H21NO. The van der Waals surface area contributed by atoms with Crippen molar-refractivity contribution in [1.29, 1.82) is 0 Å². The van der Waals surface area contributed by atoms with E-state index >= 15 is 0 Å². The molecule has 0 aliphatic rings. The van der Waals surface area contributed by atoms with Gasteiger partial charge in [0.15, 0.2) is 0 Å². The van der Waals surface area contributed by atoms with E-state index in [0.29, 0.717) is 0 Å². The number of aromatic nitrogens is 1. The Hall–Kier alpha value is -4.30. The number of rotatable bonds is 2. The Morgan fingerprint density at radius 2 is 1.33 bits per heavy atom. The van der Waals surface area contributed by atoms with Crippen LogP contribution in [0.25, 0.3) is 60.6 Å². The molecule has 0 aliphatic heterocycles. The van der Waals surface area contributed by atoms with Gasteiger partial charge in [-0.1, -0.05) is 66.7 Å². The summed E-state index contributed by atoms with van der Waals surface area (Å²) in [5, 5.41) is 4.81. The molecule has 0 fully saturated rings. The SMILES string of the molecule is Cc1cccc(-n2c3ccc(-c4ccccc4)cc3c3cc4c(cc32)oc2ccccc24)c1. The average Bonchev–Trinajstić information content (AvgIpc) is 3.37. The van der Waals surface area contributed by atoms with E-state index in [0.717, 1.165) is 33.1 Å². The number of nitrogens with zero attached hydrogens (tertiary/aromatic N) is 1. The van der Waals surface area contributed by atoms with Crippen LogP contribution < -0.4 is 0 Å². The lowest BCUT2D eigenvalue weighted by molar-refractivity contribution is 0.669. The van der Waals surface area contributed by atoms with Gasteiger partial charge in [-0.25, -0.2) is 0 Å². The average molecular weight is 424 g/mol. The van der Waals surface area contributed by atoms with Crippen molar-refractivity contribution in [3.63, 3.8) is 0 Å². The van der Waals surface area contributed by atoms with Crippen LogP contribution in [0.15, 0.2) is 114 Å². The normalized spacial score (nSPS) is 11.8. The summed E-state index contributed by atoms with van der Waals surface area (Å²) in [5.41, 5.74) is 9.07. The van der Waals surface area contributed by atoms with Crippen LogP contribution in [-0.4, -0.2) is 4.57 Å². The van der Waals surface area contributed by atoms with Gasteiger partial charge in [-0.05, 0) is 60.0 Å². The predicted octanol–water partition coefficient (Wildman–Crippen LogP) is 8.66. The molecule has 0 atom stereocenters. The van der Waals surface area contributed by atoms with Crippen molar-refractivity contribution in [2.45, 2.75) is 6.92 Å². The van der Waals surface area contributed by atoms with E-state index in [4.69, 9.17) is 4.42 Å². The van der Waals surface area contributed by atoms with Crippen molar-refractivity contribution in [1.82, 2.24) is 4.57 Å². The summed E-state index contributed by atoms with van der Waals surface area (Å²) in [4.78, 5) is 0. The fourth-order valence-corrected chi connectivity index (χ4v) is 5.09. The number of hydrogen-bond donors (Lipinski definition) is 0. The maximum Gasteiger partial charge on any atom is 0.137 e. The summed E-state index contributed by atoms with van der Waals surface area (Å²) in [7, 11) is 0. The molecule has 2 aromatic heterocycles. The Labute approximate surface area is 191 Å². The molecule has 0 saturated carbocycles. The summed E-state index contributed by atoms with van der Waals surface area (Å²) in [6, 6.07) is 38.9. The Balaban J connectivity index is 1.63. The third-order valence-electron chi connectivity index (χ3n) is 6.63. The van der Waals surface area contributed by atoms with Gasteiger partial charge in [-0.3, -0.25) is 0 Å². The third kappa shape index (κ3) is 2.74. The van der Waals surface area contributed by atoms with Crippen LogP contribution in [0.5, 0.6) is 0 Å². The van der Waals surface area contributed by atoms with Gasteiger partial charge >= 0.3 is 0 Å². The number of hydrogen-bond acceptors (Lipinski definition) is 1. The molecule has 0 saturated heterocycles. The minimum atomic E-state index is 0.920. The molecule has 0 radical (unpaired) electrons. The molecule has 0 aliphatic carbocycles. The molecule has 0 amide bonds. The van der Waals surface area contributed by atoms with E-state index in [1.54, 1.807) is 0 Å². The van der Waals surface area contributed by atoms with Crippen LogP contribution in [0.4, 0.5) is 0 Å². The van der Waals surface area contributed by atoms with Crippen molar-refractivity contribution in [3.8, 4) is 16.8 Å². The van der Waals surface area contributed by atoms with E-state index < -0.39 is 0 Å². The third-order valence-corrected chi connectivity index (χ3v) is 6.63. The highest BCUT2D eigenvalue weighted by Crippen LogP contribution is 2.39. The number of furan rings is 1. The van der Waals surface area contributed by atoms with Gasteiger partial charge in [-0.2, -0.15) is 0 Å². The minimum Gasteiger partial charge on any atom is -0.456 e. The van der Waals surface area contributed by atoms with Gasteiger partial charge in [0.05, 0.1) is 11.0 Å². The Morgan fingerprint density at radius 3 is 2.21 bits per heavy atom. The van der Waals surface area contributed by atoms with Crippen molar-refractivity contribution in [2.24, 2.45) is 0 Å². The van der Waals surface area contributed by atoms with Gasteiger partial charge in [0.25, 0.3) is 0 Å². The highest BCUT2D eigenvalue weighted by atomic mass is 16.3. The van der Waals surface area contributed by atoms with E-state index in [1.165, 1.54) is 33.0 Å². The number of para-hydroxylation sites is 1. The fraction of sp³-hybridized carbons (Fsp3) is 0.0323. The van der Waals surface area contributed by atoms with Gasteiger partial charge < -0.3 is 8.98 Å². The Morgan fingerprint density at radius 1 is 0.515 bits per heavy atom. The molecule has 0 unspecified atom stereocenters.